The maximum Gasteiger partial charge on any atom is 0.204 e. The van der Waals surface area contributed by atoms with Crippen LogP contribution < -0.4 is 0 Å². The molecule has 1 aromatic carbocycles. The third-order valence-electron chi connectivity index (χ3n) is 3.01. The van der Waals surface area contributed by atoms with Crippen LogP contribution in [0.3, 0.4) is 0 Å². The van der Waals surface area contributed by atoms with Crippen LogP contribution in [0.5, 0.6) is 0 Å². The van der Waals surface area contributed by atoms with E-state index in [9.17, 15) is 4.39 Å². The van der Waals surface area contributed by atoms with E-state index in [4.69, 9.17) is 0 Å². The molecule has 4 nitrogen and oxygen atoms in total. The third-order valence-corrected chi connectivity index (χ3v) is 3.94. The number of aryl methyl sites for hydroxylation is 3. The minimum absolute atomic E-state index is 0.223. The molecule has 3 aromatic rings. The fraction of sp³-hybridized carbons (Fsp3) is 0.214. The Hall–Kier alpha value is -2.08. The van der Waals surface area contributed by atoms with Crippen molar-refractivity contribution in [1.82, 2.24) is 20.2 Å². The molecular formula is C14H13FN4S. The van der Waals surface area contributed by atoms with Crippen LogP contribution in [0.2, 0.25) is 0 Å². The molecule has 0 amide bonds. The lowest BCUT2D eigenvalue weighted by Gasteiger charge is -1.98. The van der Waals surface area contributed by atoms with E-state index in [0.717, 1.165) is 12.0 Å². The molecule has 0 aliphatic heterocycles. The summed E-state index contributed by atoms with van der Waals surface area (Å²) in [6.07, 6.45) is 0.885. The minimum Gasteiger partial charge on any atom is -0.207 e. The number of aromatic nitrogens is 4. The van der Waals surface area contributed by atoms with Crippen LogP contribution >= 0.6 is 11.3 Å². The van der Waals surface area contributed by atoms with Gasteiger partial charge in [-0.25, -0.2) is 4.39 Å². The second-order valence-corrected chi connectivity index (χ2v) is 5.53. The van der Waals surface area contributed by atoms with E-state index in [1.54, 1.807) is 35.2 Å². The van der Waals surface area contributed by atoms with Crippen molar-refractivity contribution in [2.45, 2.75) is 19.9 Å². The first-order valence-corrected chi connectivity index (χ1v) is 7.17. The van der Waals surface area contributed by atoms with Crippen LogP contribution in [0.4, 0.5) is 4.39 Å². The minimum atomic E-state index is -0.223. The molecule has 0 N–H and O–H groups in total. The summed E-state index contributed by atoms with van der Waals surface area (Å²) in [4.78, 5) is 2.87. The number of halogens is 1. The first-order chi connectivity index (χ1) is 9.72. The monoisotopic (exact) mass is 288 g/mol. The van der Waals surface area contributed by atoms with Crippen molar-refractivity contribution in [1.29, 1.82) is 0 Å². The van der Waals surface area contributed by atoms with Crippen molar-refractivity contribution in [3.05, 3.63) is 52.0 Å². The highest BCUT2D eigenvalue weighted by Gasteiger charge is 2.08. The van der Waals surface area contributed by atoms with Crippen LogP contribution in [0.1, 0.15) is 10.4 Å². The maximum atomic E-state index is 13.2. The quantitative estimate of drug-likeness (QED) is 0.741. The topological polar surface area (TPSA) is 43.6 Å². The molecule has 6 heteroatoms. The van der Waals surface area contributed by atoms with Gasteiger partial charge in [0.1, 0.15) is 5.82 Å². The number of hydrogen-bond acceptors (Lipinski definition) is 4. The summed E-state index contributed by atoms with van der Waals surface area (Å²) in [5.74, 6) is 0.304. The van der Waals surface area contributed by atoms with E-state index in [1.807, 2.05) is 6.07 Å². The van der Waals surface area contributed by atoms with Gasteiger partial charge in [-0.1, -0.05) is 6.07 Å². The van der Waals surface area contributed by atoms with Crippen molar-refractivity contribution in [2.75, 3.05) is 0 Å². The van der Waals surface area contributed by atoms with Crippen molar-refractivity contribution in [3.8, 4) is 11.4 Å². The lowest BCUT2D eigenvalue weighted by atomic mass is 10.1. The molecule has 102 valence electrons. The highest BCUT2D eigenvalue weighted by atomic mass is 32.1. The number of benzene rings is 1. The Balaban J connectivity index is 1.74. The fourth-order valence-electron chi connectivity index (χ4n) is 1.90. The van der Waals surface area contributed by atoms with Gasteiger partial charge in [-0.05, 0) is 47.3 Å². The standard InChI is InChI=1S/C14H13FN4S/c1-10-9-11(4-5-13(10)15)14-16-18-19(17-14)7-6-12-3-2-8-20-12/h2-5,8-9H,6-7H2,1H3. The van der Waals surface area contributed by atoms with E-state index in [2.05, 4.69) is 26.9 Å². The van der Waals surface area contributed by atoms with Crippen LogP contribution in [0.25, 0.3) is 11.4 Å². The van der Waals surface area contributed by atoms with Gasteiger partial charge in [0, 0.05) is 16.9 Å². The van der Waals surface area contributed by atoms with Crippen LogP contribution in [0.15, 0.2) is 35.7 Å². The van der Waals surface area contributed by atoms with Crippen molar-refractivity contribution in [3.63, 3.8) is 0 Å². The molecule has 0 radical (unpaired) electrons. The van der Waals surface area contributed by atoms with Gasteiger partial charge in [0.2, 0.25) is 5.82 Å². The lowest BCUT2D eigenvalue weighted by molar-refractivity contribution is 0.525. The van der Waals surface area contributed by atoms with E-state index >= 15 is 0 Å². The van der Waals surface area contributed by atoms with Gasteiger partial charge in [0.25, 0.3) is 0 Å². The Morgan fingerprint density at radius 1 is 1.30 bits per heavy atom. The molecule has 0 spiro atoms. The number of thiophene rings is 1. The molecule has 3 rings (SSSR count). The molecule has 0 aliphatic rings. The highest BCUT2D eigenvalue weighted by molar-refractivity contribution is 7.09. The Kier molecular flexibility index (Phi) is 3.56. The van der Waals surface area contributed by atoms with Crippen LogP contribution in [-0.2, 0) is 13.0 Å². The van der Waals surface area contributed by atoms with Gasteiger partial charge in [-0.2, -0.15) is 4.80 Å². The van der Waals surface area contributed by atoms with Crippen LogP contribution in [0, 0.1) is 12.7 Å². The Bertz CT molecular complexity index is 706. The molecule has 0 bridgehead atoms. The molecule has 20 heavy (non-hydrogen) atoms. The molecule has 0 saturated heterocycles. The first kappa shape index (κ1) is 12.9. The van der Waals surface area contributed by atoms with Gasteiger partial charge < -0.3 is 0 Å². The molecule has 0 atom stereocenters. The van der Waals surface area contributed by atoms with Crippen molar-refractivity contribution in [2.24, 2.45) is 0 Å². The molecule has 2 aromatic heterocycles. The molecule has 0 aliphatic carbocycles. The molecule has 0 unspecified atom stereocenters. The smallest absolute Gasteiger partial charge is 0.204 e. The van der Waals surface area contributed by atoms with E-state index in [1.165, 1.54) is 10.9 Å². The normalized spacial score (nSPS) is 10.9. The number of hydrogen-bond donors (Lipinski definition) is 0. The predicted molar refractivity (Wildman–Crippen MR) is 76.0 cm³/mol. The summed E-state index contributed by atoms with van der Waals surface area (Å²) in [6, 6.07) is 8.95. The van der Waals surface area contributed by atoms with E-state index < -0.39 is 0 Å². The van der Waals surface area contributed by atoms with Gasteiger partial charge in [-0.3, -0.25) is 0 Å². The Morgan fingerprint density at radius 2 is 2.20 bits per heavy atom. The molecule has 0 fully saturated rings. The SMILES string of the molecule is Cc1cc(-c2nnn(CCc3cccs3)n2)ccc1F. The van der Waals surface area contributed by atoms with Crippen molar-refractivity contribution >= 4 is 11.3 Å². The predicted octanol–water partition coefficient (Wildman–Crippen LogP) is 3.09. The number of nitrogens with zero attached hydrogens (tertiary/aromatic N) is 4. The summed E-state index contributed by atoms with van der Waals surface area (Å²) < 4.78 is 13.2. The highest BCUT2D eigenvalue weighted by Crippen LogP contribution is 2.17. The largest absolute Gasteiger partial charge is 0.207 e. The molecular weight excluding hydrogens is 275 g/mol. The average molecular weight is 288 g/mol. The number of tetrazole rings is 1. The van der Waals surface area contributed by atoms with Gasteiger partial charge in [-0.15, -0.1) is 21.5 Å². The second kappa shape index (κ2) is 5.50. The zero-order chi connectivity index (χ0) is 13.9. The van der Waals surface area contributed by atoms with Gasteiger partial charge in [0.05, 0.1) is 6.54 Å². The van der Waals surface area contributed by atoms with Crippen LogP contribution in [-0.4, -0.2) is 20.2 Å². The van der Waals surface area contributed by atoms with Gasteiger partial charge in [0.15, 0.2) is 0 Å². The Labute approximate surface area is 119 Å². The fourth-order valence-corrected chi connectivity index (χ4v) is 2.60. The van der Waals surface area contributed by atoms with E-state index in [-0.39, 0.29) is 5.82 Å². The van der Waals surface area contributed by atoms with Gasteiger partial charge >= 0.3 is 0 Å². The first-order valence-electron chi connectivity index (χ1n) is 6.29. The lowest BCUT2D eigenvalue weighted by Crippen LogP contribution is -2.04. The molecule has 0 saturated carbocycles. The Morgan fingerprint density at radius 3 is 2.95 bits per heavy atom. The summed E-state index contributed by atoms with van der Waals surface area (Å²) in [6.45, 7) is 2.41. The summed E-state index contributed by atoms with van der Waals surface area (Å²) in [5.41, 5.74) is 1.36. The summed E-state index contributed by atoms with van der Waals surface area (Å²) in [7, 11) is 0. The summed E-state index contributed by atoms with van der Waals surface area (Å²) in [5, 5.41) is 14.4. The second-order valence-electron chi connectivity index (χ2n) is 4.50. The maximum absolute atomic E-state index is 13.2. The average Bonchev–Trinajstić information content (AvgIpc) is 3.10. The molecule has 2 heterocycles. The van der Waals surface area contributed by atoms with E-state index in [0.29, 0.717) is 17.9 Å². The number of rotatable bonds is 4. The zero-order valence-corrected chi connectivity index (χ0v) is 11.8. The zero-order valence-electron chi connectivity index (χ0n) is 11.0. The third kappa shape index (κ3) is 2.75. The summed E-state index contributed by atoms with van der Waals surface area (Å²) >= 11 is 1.72. The van der Waals surface area contributed by atoms with Crippen molar-refractivity contribution < 1.29 is 4.39 Å².